The zero-order valence-electron chi connectivity index (χ0n) is 19.0. The minimum Gasteiger partial charge on any atom is -0.493 e. The largest absolute Gasteiger partial charge is 0.493 e. The van der Waals surface area contributed by atoms with Crippen LogP contribution in [0.1, 0.15) is 44.0 Å². The third-order valence-electron chi connectivity index (χ3n) is 4.34. The van der Waals surface area contributed by atoms with Gasteiger partial charge in [-0.25, -0.2) is 4.79 Å². The van der Waals surface area contributed by atoms with E-state index in [0.29, 0.717) is 5.75 Å². The second kappa shape index (κ2) is 12.2. The fraction of sp³-hybridized carbons (Fsp3) is 0.500. The van der Waals surface area contributed by atoms with Crippen LogP contribution < -0.4 is 14.8 Å². The Morgan fingerprint density at radius 3 is 2.00 bits per heavy atom. The maximum absolute atomic E-state index is 12.8. The number of nitrogens with one attached hydrogen (secondary N) is 1. The Morgan fingerprint density at radius 1 is 1.00 bits per heavy atom. The summed E-state index contributed by atoms with van der Waals surface area (Å²) in [5, 5.41) is 20.2. The van der Waals surface area contributed by atoms with Crippen LogP contribution in [-0.4, -0.2) is 56.6 Å². The van der Waals surface area contributed by atoms with Gasteiger partial charge in [0.15, 0.2) is 18.1 Å². The van der Waals surface area contributed by atoms with E-state index in [2.05, 4.69) is 5.32 Å². The molecule has 0 aliphatic rings. The number of ether oxygens (including phenoxy) is 3. The molecule has 32 heavy (non-hydrogen) atoms. The summed E-state index contributed by atoms with van der Waals surface area (Å²) in [6, 6.07) is 6.65. The normalized spacial score (nSPS) is 10.3. The van der Waals surface area contributed by atoms with Crippen LogP contribution in [0, 0.1) is 28.1 Å². The number of amides is 2. The number of rotatable bonds is 10. The van der Waals surface area contributed by atoms with Gasteiger partial charge < -0.3 is 24.4 Å². The van der Waals surface area contributed by atoms with E-state index in [0.717, 1.165) is 0 Å². The van der Waals surface area contributed by atoms with Crippen molar-refractivity contribution >= 4 is 23.5 Å². The van der Waals surface area contributed by atoms with Crippen LogP contribution in [0.4, 0.5) is 5.69 Å². The average Bonchev–Trinajstić information content (AvgIpc) is 2.76. The van der Waals surface area contributed by atoms with Gasteiger partial charge in [-0.1, -0.05) is 20.8 Å². The maximum Gasteiger partial charge on any atom is 0.340 e. The van der Waals surface area contributed by atoms with Crippen LogP contribution in [0.25, 0.3) is 0 Å². The first kappa shape index (κ1) is 26.2. The molecule has 0 heterocycles. The van der Waals surface area contributed by atoms with Gasteiger partial charge in [-0.15, -0.1) is 0 Å². The third-order valence-corrected chi connectivity index (χ3v) is 4.34. The minimum absolute atomic E-state index is 0.0198. The molecule has 10 heteroatoms. The van der Waals surface area contributed by atoms with Crippen LogP contribution in [-0.2, 0) is 14.3 Å². The van der Waals surface area contributed by atoms with Crippen LogP contribution in [0.3, 0.4) is 0 Å². The number of carbonyl (C=O) groups excluding carboxylic acids is 3. The van der Waals surface area contributed by atoms with Crippen molar-refractivity contribution in [1.29, 1.82) is 10.5 Å². The lowest BCUT2D eigenvalue weighted by Crippen LogP contribution is -2.36. The van der Waals surface area contributed by atoms with Crippen LogP contribution in [0.2, 0.25) is 0 Å². The van der Waals surface area contributed by atoms with Gasteiger partial charge in [0.05, 0.1) is 50.5 Å². The van der Waals surface area contributed by atoms with E-state index in [1.807, 2.05) is 12.1 Å². The molecule has 1 aromatic rings. The van der Waals surface area contributed by atoms with Gasteiger partial charge in [-0.2, -0.15) is 10.5 Å². The summed E-state index contributed by atoms with van der Waals surface area (Å²) in [5.41, 5.74) is -0.605. The second-order valence-electron chi connectivity index (χ2n) is 7.73. The number of carbonyl (C=O) groups is 3. The zero-order chi connectivity index (χ0) is 24.3. The number of nitrogens with zero attached hydrogens (tertiary/aromatic N) is 3. The van der Waals surface area contributed by atoms with E-state index in [1.165, 1.54) is 31.3 Å². The first-order valence-corrected chi connectivity index (χ1v) is 9.85. The standard InChI is InChI=1S/C22H28N4O6/c1-22(2,3)21(29)25-16-13-18(31-5)17(30-4)12-15(16)20(28)32-14-19(27)26(10-6-8-23)11-7-9-24/h12-13H,6-7,10-11,14H2,1-5H3,(H,25,29). The smallest absolute Gasteiger partial charge is 0.340 e. The van der Waals surface area contributed by atoms with Gasteiger partial charge in [-0.05, 0) is 0 Å². The van der Waals surface area contributed by atoms with Crippen molar-refractivity contribution in [3.8, 4) is 23.6 Å². The summed E-state index contributed by atoms with van der Waals surface area (Å²) in [4.78, 5) is 39.0. The Balaban J connectivity index is 3.11. The maximum atomic E-state index is 12.8. The lowest BCUT2D eigenvalue weighted by atomic mass is 9.95. The molecule has 0 saturated heterocycles. The lowest BCUT2D eigenvalue weighted by molar-refractivity contribution is -0.134. The van der Waals surface area contributed by atoms with Crippen molar-refractivity contribution in [3.05, 3.63) is 17.7 Å². The van der Waals surface area contributed by atoms with E-state index in [9.17, 15) is 14.4 Å². The highest BCUT2D eigenvalue weighted by atomic mass is 16.5. The molecule has 0 bridgehead atoms. The number of nitriles is 2. The second-order valence-corrected chi connectivity index (χ2v) is 7.73. The topological polar surface area (TPSA) is 142 Å². The summed E-state index contributed by atoms with van der Waals surface area (Å²) < 4.78 is 15.6. The lowest BCUT2D eigenvalue weighted by Gasteiger charge is -2.21. The summed E-state index contributed by atoms with van der Waals surface area (Å²) in [5.74, 6) is -1.20. The molecule has 1 N–H and O–H groups in total. The van der Waals surface area contributed by atoms with E-state index in [4.69, 9.17) is 24.7 Å². The summed E-state index contributed by atoms with van der Waals surface area (Å²) in [6.45, 7) is 4.82. The summed E-state index contributed by atoms with van der Waals surface area (Å²) in [7, 11) is 2.81. The van der Waals surface area contributed by atoms with Crippen molar-refractivity contribution in [2.45, 2.75) is 33.6 Å². The highest BCUT2D eigenvalue weighted by molar-refractivity contribution is 6.04. The van der Waals surface area contributed by atoms with Crippen molar-refractivity contribution in [1.82, 2.24) is 4.90 Å². The highest BCUT2D eigenvalue weighted by Gasteiger charge is 2.26. The number of esters is 1. The van der Waals surface area contributed by atoms with Gasteiger partial charge in [0, 0.05) is 30.6 Å². The molecule has 0 aliphatic carbocycles. The number of hydrogen-bond acceptors (Lipinski definition) is 8. The summed E-state index contributed by atoms with van der Waals surface area (Å²) >= 11 is 0. The molecule has 0 fully saturated rings. The fourth-order valence-electron chi connectivity index (χ4n) is 2.49. The Morgan fingerprint density at radius 2 is 1.53 bits per heavy atom. The van der Waals surface area contributed by atoms with Crippen molar-refractivity contribution in [2.24, 2.45) is 5.41 Å². The molecule has 0 aromatic heterocycles. The Labute approximate surface area is 187 Å². The van der Waals surface area contributed by atoms with E-state index in [1.54, 1.807) is 20.8 Å². The molecule has 0 unspecified atom stereocenters. The molecule has 0 atom stereocenters. The van der Waals surface area contributed by atoms with Gasteiger partial charge in [0.1, 0.15) is 0 Å². The number of benzene rings is 1. The molecule has 2 amide bonds. The Hall–Kier alpha value is -3.79. The predicted octanol–water partition coefficient (Wildman–Crippen LogP) is 2.50. The molecule has 0 aliphatic heterocycles. The molecule has 10 nitrogen and oxygen atoms in total. The number of hydrogen-bond donors (Lipinski definition) is 1. The monoisotopic (exact) mass is 444 g/mol. The van der Waals surface area contributed by atoms with Crippen LogP contribution in [0.5, 0.6) is 11.5 Å². The molecule has 0 radical (unpaired) electrons. The van der Waals surface area contributed by atoms with Crippen molar-refractivity contribution in [2.75, 3.05) is 39.2 Å². The van der Waals surface area contributed by atoms with Crippen LogP contribution >= 0.6 is 0 Å². The zero-order valence-corrected chi connectivity index (χ0v) is 19.0. The molecule has 172 valence electrons. The highest BCUT2D eigenvalue weighted by Crippen LogP contribution is 2.34. The third kappa shape index (κ3) is 7.47. The van der Waals surface area contributed by atoms with E-state index >= 15 is 0 Å². The molecule has 1 rings (SSSR count). The number of methoxy groups -OCH3 is 2. The first-order valence-electron chi connectivity index (χ1n) is 9.85. The SMILES string of the molecule is COc1cc(NC(=O)C(C)(C)C)c(C(=O)OCC(=O)N(CCC#N)CCC#N)cc1OC. The molecular formula is C22H28N4O6. The van der Waals surface area contributed by atoms with Gasteiger partial charge >= 0.3 is 5.97 Å². The molecule has 1 aromatic carbocycles. The van der Waals surface area contributed by atoms with E-state index in [-0.39, 0.29) is 48.8 Å². The van der Waals surface area contributed by atoms with Gasteiger partial charge in [0.25, 0.3) is 5.91 Å². The van der Waals surface area contributed by atoms with Crippen LogP contribution in [0.15, 0.2) is 12.1 Å². The Bertz CT molecular complexity index is 906. The predicted molar refractivity (Wildman–Crippen MR) is 115 cm³/mol. The van der Waals surface area contributed by atoms with Gasteiger partial charge in [0.2, 0.25) is 5.91 Å². The minimum atomic E-state index is -0.857. The molecule has 0 spiro atoms. The quantitative estimate of drug-likeness (QED) is 0.543. The first-order chi connectivity index (χ1) is 15.1. The fourth-order valence-corrected chi connectivity index (χ4v) is 2.49. The summed E-state index contributed by atoms with van der Waals surface area (Å²) in [6.07, 6.45) is 0.174. The van der Waals surface area contributed by atoms with Crippen molar-refractivity contribution < 1.29 is 28.6 Å². The molecular weight excluding hydrogens is 416 g/mol. The van der Waals surface area contributed by atoms with Gasteiger partial charge in [-0.3, -0.25) is 9.59 Å². The number of anilines is 1. The van der Waals surface area contributed by atoms with E-state index < -0.39 is 23.9 Å². The average molecular weight is 444 g/mol. The Kier molecular flexibility index (Phi) is 9.97. The van der Waals surface area contributed by atoms with Crippen molar-refractivity contribution in [3.63, 3.8) is 0 Å². The molecule has 0 saturated carbocycles.